The molecule has 0 aliphatic heterocycles. The van der Waals surface area contributed by atoms with Crippen LogP contribution in [0.5, 0.6) is 0 Å². The number of rotatable bonds is 5. The van der Waals surface area contributed by atoms with Crippen molar-refractivity contribution in [3.05, 3.63) is 42.2 Å². The highest BCUT2D eigenvalue weighted by atomic mass is 16.5. The number of carbonyl (C=O) groups is 1. The summed E-state index contributed by atoms with van der Waals surface area (Å²) >= 11 is 0. The van der Waals surface area contributed by atoms with E-state index < -0.39 is 0 Å². The van der Waals surface area contributed by atoms with E-state index in [0.29, 0.717) is 24.4 Å². The van der Waals surface area contributed by atoms with Crippen LogP contribution in [0, 0.1) is 0 Å². The number of ether oxygens (including phenoxy) is 1. The molecular formula is C13H14N2O3. The lowest BCUT2D eigenvalue weighted by atomic mass is 10.1. The van der Waals surface area contributed by atoms with Crippen LogP contribution >= 0.6 is 0 Å². The lowest BCUT2D eigenvalue weighted by Gasteiger charge is -2.03. The lowest BCUT2D eigenvalue weighted by Crippen LogP contribution is -2.27. The summed E-state index contributed by atoms with van der Waals surface area (Å²) in [5.41, 5.74) is 1.82. The molecule has 5 heteroatoms. The third-order valence-corrected chi connectivity index (χ3v) is 2.45. The first-order valence-corrected chi connectivity index (χ1v) is 5.60. The van der Waals surface area contributed by atoms with Crippen LogP contribution in [-0.4, -0.2) is 31.3 Å². The molecule has 5 nitrogen and oxygen atoms in total. The fourth-order valence-corrected chi connectivity index (χ4v) is 1.56. The van der Waals surface area contributed by atoms with Crippen molar-refractivity contribution in [3.8, 4) is 11.3 Å². The van der Waals surface area contributed by atoms with Gasteiger partial charge in [-0.15, -0.1) is 0 Å². The van der Waals surface area contributed by atoms with Gasteiger partial charge in [0.25, 0.3) is 5.91 Å². The van der Waals surface area contributed by atoms with Crippen molar-refractivity contribution in [2.75, 3.05) is 20.3 Å². The number of aromatic nitrogens is 1. The first-order valence-electron chi connectivity index (χ1n) is 5.60. The maximum absolute atomic E-state index is 11.9. The number of carbonyl (C=O) groups excluding carboxylic acids is 1. The molecule has 0 unspecified atom stereocenters. The Bertz CT molecular complexity index is 508. The molecule has 0 fully saturated rings. The summed E-state index contributed by atoms with van der Waals surface area (Å²) < 4.78 is 9.76. The largest absolute Gasteiger partial charge is 0.383 e. The van der Waals surface area contributed by atoms with E-state index in [0.717, 1.165) is 5.56 Å². The molecule has 2 aromatic rings. The minimum Gasteiger partial charge on any atom is -0.383 e. The van der Waals surface area contributed by atoms with Gasteiger partial charge < -0.3 is 14.6 Å². The molecule has 1 aromatic carbocycles. The number of nitrogens with one attached hydrogen (secondary N) is 1. The van der Waals surface area contributed by atoms with E-state index >= 15 is 0 Å². The zero-order valence-electron chi connectivity index (χ0n) is 10.1. The van der Waals surface area contributed by atoms with Gasteiger partial charge in [-0.3, -0.25) is 4.79 Å². The minimum absolute atomic E-state index is 0.216. The second-order valence-electron chi connectivity index (χ2n) is 3.69. The monoisotopic (exact) mass is 246 g/mol. The minimum atomic E-state index is -0.216. The van der Waals surface area contributed by atoms with Crippen molar-refractivity contribution in [1.29, 1.82) is 0 Å². The van der Waals surface area contributed by atoms with E-state index in [1.54, 1.807) is 7.11 Å². The number of nitrogens with zero attached hydrogens (tertiary/aromatic N) is 1. The van der Waals surface area contributed by atoms with E-state index in [1.807, 2.05) is 30.3 Å². The molecule has 0 aliphatic carbocycles. The smallest absolute Gasteiger partial charge is 0.256 e. The van der Waals surface area contributed by atoms with Crippen molar-refractivity contribution in [1.82, 2.24) is 10.5 Å². The molecule has 18 heavy (non-hydrogen) atoms. The van der Waals surface area contributed by atoms with E-state index in [1.165, 1.54) is 6.26 Å². The molecule has 0 bridgehead atoms. The average Bonchev–Trinajstić information content (AvgIpc) is 2.89. The second-order valence-corrected chi connectivity index (χ2v) is 3.69. The van der Waals surface area contributed by atoms with Gasteiger partial charge in [-0.05, 0) is 0 Å². The summed E-state index contributed by atoms with van der Waals surface area (Å²) in [7, 11) is 1.58. The Balaban J connectivity index is 2.15. The summed E-state index contributed by atoms with van der Waals surface area (Å²) in [6.45, 7) is 0.923. The molecule has 1 heterocycles. The Morgan fingerprint density at radius 1 is 1.39 bits per heavy atom. The number of amides is 1. The summed E-state index contributed by atoms with van der Waals surface area (Å²) in [6, 6.07) is 9.43. The molecule has 2 rings (SSSR count). The Morgan fingerprint density at radius 3 is 2.89 bits per heavy atom. The van der Waals surface area contributed by atoms with Crippen LogP contribution < -0.4 is 5.32 Å². The Kier molecular flexibility index (Phi) is 4.09. The molecule has 0 saturated carbocycles. The SMILES string of the molecule is COCCNC(=O)c1conc1-c1ccccc1. The highest BCUT2D eigenvalue weighted by Crippen LogP contribution is 2.21. The van der Waals surface area contributed by atoms with Gasteiger partial charge in [0.1, 0.15) is 17.5 Å². The normalized spacial score (nSPS) is 10.3. The van der Waals surface area contributed by atoms with Crippen molar-refractivity contribution in [2.45, 2.75) is 0 Å². The first kappa shape index (κ1) is 12.3. The van der Waals surface area contributed by atoms with E-state index in [9.17, 15) is 4.79 Å². The van der Waals surface area contributed by atoms with Crippen LogP contribution in [0.25, 0.3) is 11.3 Å². The number of hydrogen-bond acceptors (Lipinski definition) is 4. The van der Waals surface area contributed by atoms with Gasteiger partial charge in [-0.1, -0.05) is 35.5 Å². The van der Waals surface area contributed by atoms with E-state index in [2.05, 4.69) is 10.5 Å². The maximum atomic E-state index is 11.9. The third kappa shape index (κ3) is 2.75. The molecule has 0 radical (unpaired) electrons. The van der Waals surface area contributed by atoms with Gasteiger partial charge in [0, 0.05) is 19.2 Å². The fraction of sp³-hybridized carbons (Fsp3) is 0.231. The zero-order valence-corrected chi connectivity index (χ0v) is 10.1. The molecule has 0 aliphatic rings. The van der Waals surface area contributed by atoms with Crippen LogP contribution in [0.2, 0.25) is 0 Å². The Hall–Kier alpha value is -2.14. The highest BCUT2D eigenvalue weighted by Gasteiger charge is 2.16. The summed E-state index contributed by atoms with van der Waals surface area (Å²) in [6.07, 6.45) is 1.35. The number of methoxy groups -OCH3 is 1. The Morgan fingerprint density at radius 2 is 2.17 bits per heavy atom. The molecule has 0 spiro atoms. The first-order chi connectivity index (χ1) is 8.83. The predicted molar refractivity (Wildman–Crippen MR) is 66.1 cm³/mol. The van der Waals surface area contributed by atoms with Gasteiger partial charge in [0.2, 0.25) is 0 Å². The van der Waals surface area contributed by atoms with Crippen LogP contribution in [-0.2, 0) is 4.74 Å². The summed E-state index contributed by atoms with van der Waals surface area (Å²) in [5.74, 6) is -0.216. The average molecular weight is 246 g/mol. The topological polar surface area (TPSA) is 64.4 Å². The second kappa shape index (κ2) is 5.97. The summed E-state index contributed by atoms with van der Waals surface area (Å²) in [4.78, 5) is 11.9. The quantitative estimate of drug-likeness (QED) is 0.816. The maximum Gasteiger partial charge on any atom is 0.256 e. The molecule has 94 valence electrons. The van der Waals surface area contributed by atoms with Gasteiger partial charge in [0.15, 0.2) is 0 Å². The van der Waals surface area contributed by atoms with Gasteiger partial charge >= 0.3 is 0 Å². The van der Waals surface area contributed by atoms with Crippen molar-refractivity contribution < 1.29 is 14.1 Å². The molecule has 1 amide bonds. The summed E-state index contributed by atoms with van der Waals surface area (Å²) in [5, 5.41) is 6.60. The standard InChI is InChI=1S/C13H14N2O3/c1-17-8-7-14-13(16)11-9-18-15-12(11)10-5-3-2-4-6-10/h2-6,9H,7-8H2,1H3,(H,14,16). The van der Waals surface area contributed by atoms with E-state index in [-0.39, 0.29) is 5.91 Å². The van der Waals surface area contributed by atoms with E-state index in [4.69, 9.17) is 9.26 Å². The van der Waals surface area contributed by atoms with Crippen LogP contribution in [0.15, 0.2) is 41.1 Å². The zero-order chi connectivity index (χ0) is 12.8. The van der Waals surface area contributed by atoms with Crippen molar-refractivity contribution >= 4 is 5.91 Å². The highest BCUT2D eigenvalue weighted by molar-refractivity contribution is 5.99. The van der Waals surface area contributed by atoms with Crippen LogP contribution in [0.1, 0.15) is 10.4 Å². The van der Waals surface area contributed by atoms with Gasteiger partial charge in [0.05, 0.1) is 6.61 Å². The third-order valence-electron chi connectivity index (χ3n) is 2.45. The molecular weight excluding hydrogens is 232 g/mol. The van der Waals surface area contributed by atoms with Crippen LogP contribution in [0.4, 0.5) is 0 Å². The van der Waals surface area contributed by atoms with Crippen molar-refractivity contribution in [2.24, 2.45) is 0 Å². The molecule has 1 N–H and O–H groups in total. The lowest BCUT2D eigenvalue weighted by molar-refractivity contribution is 0.0937. The predicted octanol–water partition coefficient (Wildman–Crippen LogP) is 1.72. The Labute approximate surface area is 105 Å². The molecule has 0 saturated heterocycles. The van der Waals surface area contributed by atoms with Gasteiger partial charge in [-0.2, -0.15) is 0 Å². The fourth-order valence-electron chi connectivity index (χ4n) is 1.56. The number of hydrogen-bond donors (Lipinski definition) is 1. The number of benzene rings is 1. The van der Waals surface area contributed by atoms with Crippen molar-refractivity contribution in [3.63, 3.8) is 0 Å². The van der Waals surface area contributed by atoms with Crippen LogP contribution in [0.3, 0.4) is 0 Å². The molecule has 0 atom stereocenters. The molecule has 1 aromatic heterocycles. The van der Waals surface area contributed by atoms with Gasteiger partial charge in [-0.25, -0.2) is 0 Å².